The van der Waals surface area contributed by atoms with Crippen molar-refractivity contribution >= 4 is 11.6 Å². The highest BCUT2D eigenvalue weighted by molar-refractivity contribution is 5.94. The summed E-state index contributed by atoms with van der Waals surface area (Å²) in [6, 6.07) is 5.19. The van der Waals surface area contributed by atoms with Crippen LogP contribution in [0.2, 0.25) is 0 Å². The van der Waals surface area contributed by atoms with Crippen LogP contribution in [0.15, 0.2) is 28.8 Å². The van der Waals surface area contributed by atoms with Gasteiger partial charge in [-0.1, -0.05) is 6.92 Å². The fourth-order valence-corrected chi connectivity index (χ4v) is 1.67. The fraction of sp³-hybridized carbons (Fsp3) is 0.286. The lowest BCUT2D eigenvalue weighted by atomic mass is 10.1. The van der Waals surface area contributed by atoms with Gasteiger partial charge in [-0.05, 0) is 30.7 Å². The largest absolute Gasteiger partial charge is 0.444 e. The van der Waals surface area contributed by atoms with Gasteiger partial charge in [-0.15, -0.1) is 0 Å². The second-order valence-electron chi connectivity index (χ2n) is 4.33. The maximum Gasteiger partial charge on any atom is 0.251 e. The van der Waals surface area contributed by atoms with Gasteiger partial charge in [0.25, 0.3) is 5.91 Å². The Labute approximate surface area is 111 Å². The van der Waals surface area contributed by atoms with Crippen LogP contribution in [-0.4, -0.2) is 10.9 Å². The van der Waals surface area contributed by atoms with Crippen molar-refractivity contribution in [3.8, 4) is 0 Å². The van der Waals surface area contributed by atoms with E-state index in [1.165, 1.54) is 0 Å². The van der Waals surface area contributed by atoms with Crippen LogP contribution in [-0.2, 0) is 13.0 Å². The van der Waals surface area contributed by atoms with Gasteiger partial charge in [-0.25, -0.2) is 4.98 Å². The molecule has 5 nitrogen and oxygen atoms in total. The molecule has 0 atom stereocenters. The second-order valence-corrected chi connectivity index (χ2v) is 4.33. The molecule has 0 aliphatic heterocycles. The third kappa shape index (κ3) is 3.13. The number of aromatic nitrogens is 1. The first-order valence-corrected chi connectivity index (χ1v) is 6.18. The SMILES string of the molecule is CCc1cnc(CNC(=O)c2ccc(N)c(C)c2)o1. The summed E-state index contributed by atoms with van der Waals surface area (Å²) in [5.74, 6) is 1.16. The van der Waals surface area contributed by atoms with Gasteiger partial charge in [-0.3, -0.25) is 4.79 Å². The van der Waals surface area contributed by atoms with Gasteiger partial charge in [0, 0.05) is 17.7 Å². The third-order valence-electron chi connectivity index (χ3n) is 2.88. The van der Waals surface area contributed by atoms with E-state index in [0.29, 0.717) is 17.1 Å². The molecule has 0 bridgehead atoms. The van der Waals surface area contributed by atoms with Crippen LogP contribution in [0.4, 0.5) is 5.69 Å². The van der Waals surface area contributed by atoms with Gasteiger partial charge >= 0.3 is 0 Å². The second kappa shape index (κ2) is 5.56. The summed E-state index contributed by atoms with van der Waals surface area (Å²) in [6.07, 6.45) is 2.47. The van der Waals surface area contributed by atoms with Gasteiger partial charge in [-0.2, -0.15) is 0 Å². The van der Waals surface area contributed by atoms with E-state index in [4.69, 9.17) is 10.2 Å². The molecule has 1 aromatic carbocycles. The lowest BCUT2D eigenvalue weighted by Crippen LogP contribution is -2.23. The van der Waals surface area contributed by atoms with E-state index in [2.05, 4.69) is 10.3 Å². The third-order valence-corrected chi connectivity index (χ3v) is 2.88. The number of carbonyl (C=O) groups is 1. The molecular formula is C14H17N3O2. The number of nitrogens with one attached hydrogen (secondary N) is 1. The lowest BCUT2D eigenvalue weighted by molar-refractivity contribution is 0.0947. The summed E-state index contributed by atoms with van der Waals surface area (Å²) >= 11 is 0. The molecule has 0 spiro atoms. The van der Waals surface area contributed by atoms with E-state index >= 15 is 0 Å². The number of benzene rings is 1. The number of hydrogen-bond acceptors (Lipinski definition) is 4. The van der Waals surface area contributed by atoms with Crippen LogP contribution in [0.25, 0.3) is 0 Å². The zero-order valence-electron chi connectivity index (χ0n) is 11.1. The Morgan fingerprint density at radius 3 is 2.89 bits per heavy atom. The summed E-state index contributed by atoms with van der Waals surface area (Å²) < 4.78 is 5.42. The van der Waals surface area contributed by atoms with E-state index in [9.17, 15) is 4.79 Å². The molecule has 0 aliphatic rings. The number of rotatable bonds is 4. The van der Waals surface area contributed by atoms with E-state index < -0.39 is 0 Å². The van der Waals surface area contributed by atoms with Crippen molar-refractivity contribution in [2.45, 2.75) is 26.8 Å². The molecule has 2 aromatic rings. The maximum atomic E-state index is 11.9. The average Bonchev–Trinajstić information content (AvgIpc) is 2.87. The highest BCUT2D eigenvalue weighted by atomic mass is 16.4. The van der Waals surface area contributed by atoms with Crippen molar-refractivity contribution in [1.82, 2.24) is 10.3 Å². The molecule has 5 heteroatoms. The molecule has 1 amide bonds. The predicted octanol–water partition coefficient (Wildman–Crippen LogP) is 2.06. The van der Waals surface area contributed by atoms with Crippen LogP contribution in [0.5, 0.6) is 0 Å². The van der Waals surface area contributed by atoms with Gasteiger partial charge < -0.3 is 15.5 Å². The number of nitrogens with two attached hydrogens (primary N) is 1. The highest BCUT2D eigenvalue weighted by Gasteiger charge is 2.08. The Balaban J connectivity index is 1.99. The Bertz CT molecular complexity index is 590. The molecule has 19 heavy (non-hydrogen) atoms. The number of oxazole rings is 1. The standard InChI is InChI=1S/C14H17N3O2/c1-3-11-7-16-13(19-11)8-17-14(18)10-4-5-12(15)9(2)6-10/h4-7H,3,8,15H2,1-2H3,(H,17,18). The minimum Gasteiger partial charge on any atom is -0.444 e. The molecule has 1 aromatic heterocycles. The molecule has 1 heterocycles. The summed E-state index contributed by atoms with van der Waals surface area (Å²) in [5.41, 5.74) is 7.86. The minimum atomic E-state index is -0.167. The minimum absolute atomic E-state index is 0.167. The highest BCUT2D eigenvalue weighted by Crippen LogP contribution is 2.12. The number of nitrogens with zero attached hydrogens (tertiary/aromatic N) is 1. The monoisotopic (exact) mass is 259 g/mol. The summed E-state index contributed by atoms with van der Waals surface area (Å²) in [5, 5.41) is 2.76. The van der Waals surface area contributed by atoms with Crippen molar-refractivity contribution in [3.63, 3.8) is 0 Å². The van der Waals surface area contributed by atoms with Crippen LogP contribution < -0.4 is 11.1 Å². The van der Waals surface area contributed by atoms with E-state index in [1.54, 1.807) is 24.4 Å². The van der Waals surface area contributed by atoms with Crippen LogP contribution in [0.3, 0.4) is 0 Å². The van der Waals surface area contributed by atoms with Crippen molar-refractivity contribution in [2.75, 3.05) is 5.73 Å². The number of anilines is 1. The summed E-state index contributed by atoms with van der Waals surface area (Å²) in [4.78, 5) is 16.0. The zero-order valence-corrected chi connectivity index (χ0v) is 11.1. The number of carbonyl (C=O) groups excluding carboxylic acids is 1. The van der Waals surface area contributed by atoms with Gasteiger partial charge in [0.1, 0.15) is 5.76 Å². The van der Waals surface area contributed by atoms with Crippen LogP contribution in [0, 0.1) is 6.92 Å². The molecular weight excluding hydrogens is 242 g/mol. The smallest absolute Gasteiger partial charge is 0.251 e. The zero-order chi connectivity index (χ0) is 13.8. The maximum absolute atomic E-state index is 11.9. The van der Waals surface area contributed by atoms with Crippen molar-refractivity contribution in [1.29, 1.82) is 0 Å². The molecule has 0 radical (unpaired) electrons. The normalized spacial score (nSPS) is 10.4. The van der Waals surface area contributed by atoms with Crippen molar-refractivity contribution in [3.05, 3.63) is 47.2 Å². The quantitative estimate of drug-likeness (QED) is 0.823. The van der Waals surface area contributed by atoms with E-state index in [0.717, 1.165) is 17.7 Å². The summed E-state index contributed by atoms with van der Waals surface area (Å²) in [7, 11) is 0. The first-order chi connectivity index (χ1) is 9.10. The van der Waals surface area contributed by atoms with Crippen molar-refractivity contribution in [2.24, 2.45) is 0 Å². The van der Waals surface area contributed by atoms with Crippen LogP contribution >= 0.6 is 0 Å². The van der Waals surface area contributed by atoms with E-state index in [-0.39, 0.29) is 12.5 Å². The molecule has 100 valence electrons. The Morgan fingerprint density at radius 2 is 2.26 bits per heavy atom. The Kier molecular flexibility index (Phi) is 3.85. The molecule has 2 rings (SSSR count). The molecule has 0 fully saturated rings. The number of hydrogen-bond donors (Lipinski definition) is 2. The summed E-state index contributed by atoms with van der Waals surface area (Å²) in [6.45, 7) is 4.13. The number of amides is 1. The number of nitrogen functional groups attached to an aromatic ring is 1. The topological polar surface area (TPSA) is 81.2 Å². The molecule has 0 saturated carbocycles. The fourth-order valence-electron chi connectivity index (χ4n) is 1.67. The van der Waals surface area contributed by atoms with Gasteiger partial charge in [0.05, 0.1) is 12.7 Å². The van der Waals surface area contributed by atoms with Gasteiger partial charge in [0.15, 0.2) is 0 Å². The van der Waals surface area contributed by atoms with E-state index in [1.807, 2.05) is 13.8 Å². The van der Waals surface area contributed by atoms with Gasteiger partial charge in [0.2, 0.25) is 5.89 Å². The molecule has 0 unspecified atom stereocenters. The molecule has 0 saturated heterocycles. The predicted molar refractivity (Wildman–Crippen MR) is 72.6 cm³/mol. The van der Waals surface area contributed by atoms with Crippen molar-refractivity contribution < 1.29 is 9.21 Å². The first kappa shape index (κ1) is 13.1. The number of aryl methyl sites for hydroxylation is 2. The van der Waals surface area contributed by atoms with Crippen LogP contribution in [0.1, 0.15) is 34.5 Å². The first-order valence-electron chi connectivity index (χ1n) is 6.18. The Hall–Kier alpha value is -2.30. The lowest BCUT2D eigenvalue weighted by Gasteiger charge is -2.05. The Morgan fingerprint density at radius 1 is 1.47 bits per heavy atom. The molecule has 0 aliphatic carbocycles. The average molecular weight is 259 g/mol. The molecule has 3 N–H and O–H groups in total.